The first-order valence-electron chi connectivity index (χ1n) is 8.98. The third-order valence-electron chi connectivity index (χ3n) is 4.92. The number of carbonyl (C=O) groups excluding carboxylic acids is 1. The van der Waals surface area contributed by atoms with Crippen LogP contribution in [0.3, 0.4) is 0 Å². The summed E-state index contributed by atoms with van der Waals surface area (Å²) in [5.41, 5.74) is 2.25. The van der Waals surface area contributed by atoms with Gasteiger partial charge in [-0.25, -0.2) is 4.79 Å². The van der Waals surface area contributed by atoms with Gasteiger partial charge in [-0.2, -0.15) is 0 Å². The van der Waals surface area contributed by atoms with E-state index < -0.39 is 12.0 Å². The zero-order chi connectivity index (χ0) is 18.5. The molecular formula is C21H24N2O3. The van der Waals surface area contributed by atoms with Crippen LogP contribution in [0.25, 0.3) is 0 Å². The highest BCUT2D eigenvalue weighted by atomic mass is 16.4. The van der Waals surface area contributed by atoms with Crippen LogP contribution in [-0.2, 0) is 9.59 Å². The van der Waals surface area contributed by atoms with Crippen molar-refractivity contribution in [1.82, 2.24) is 9.80 Å². The Labute approximate surface area is 153 Å². The number of nitrogens with zero attached hydrogens (tertiary/aromatic N) is 2. The average Bonchev–Trinajstić information content (AvgIpc) is 2.69. The van der Waals surface area contributed by atoms with E-state index in [1.807, 2.05) is 36.4 Å². The number of carbonyl (C=O) groups is 2. The third-order valence-corrected chi connectivity index (χ3v) is 4.92. The van der Waals surface area contributed by atoms with Crippen molar-refractivity contribution in [1.29, 1.82) is 0 Å². The van der Waals surface area contributed by atoms with Gasteiger partial charge in [0.15, 0.2) is 0 Å². The van der Waals surface area contributed by atoms with Crippen LogP contribution >= 0.6 is 0 Å². The first-order chi connectivity index (χ1) is 12.6. The second-order valence-electron chi connectivity index (χ2n) is 6.51. The van der Waals surface area contributed by atoms with Gasteiger partial charge in [0.05, 0.1) is 6.04 Å². The number of amides is 1. The summed E-state index contributed by atoms with van der Waals surface area (Å²) in [7, 11) is 0. The van der Waals surface area contributed by atoms with Crippen molar-refractivity contribution >= 4 is 11.9 Å². The molecule has 1 aliphatic rings. The van der Waals surface area contributed by atoms with Crippen LogP contribution in [0.15, 0.2) is 60.7 Å². The fraction of sp³-hybridized carbons (Fsp3) is 0.333. The van der Waals surface area contributed by atoms with E-state index in [9.17, 15) is 14.7 Å². The summed E-state index contributed by atoms with van der Waals surface area (Å²) < 4.78 is 0. The van der Waals surface area contributed by atoms with Gasteiger partial charge in [-0.1, -0.05) is 67.6 Å². The number of rotatable bonds is 5. The molecule has 3 rings (SSSR count). The Kier molecular flexibility index (Phi) is 5.68. The smallest absolute Gasteiger partial charge is 0.327 e. The Balaban J connectivity index is 1.93. The Morgan fingerprint density at radius 3 is 2.00 bits per heavy atom. The van der Waals surface area contributed by atoms with Gasteiger partial charge in [-0.05, 0) is 11.1 Å². The van der Waals surface area contributed by atoms with E-state index in [1.165, 1.54) is 4.90 Å². The molecule has 26 heavy (non-hydrogen) atoms. The Hall–Kier alpha value is -2.66. The van der Waals surface area contributed by atoms with Gasteiger partial charge >= 0.3 is 5.97 Å². The molecule has 1 saturated heterocycles. The van der Waals surface area contributed by atoms with E-state index >= 15 is 0 Å². The van der Waals surface area contributed by atoms with Crippen LogP contribution in [0.2, 0.25) is 0 Å². The summed E-state index contributed by atoms with van der Waals surface area (Å²) in [6.45, 7) is 3.16. The molecule has 0 spiro atoms. The van der Waals surface area contributed by atoms with E-state index in [2.05, 4.69) is 29.2 Å². The van der Waals surface area contributed by atoms with Gasteiger partial charge < -0.3 is 10.0 Å². The monoisotopic (exact) mass is 352 g/mol. The molecule has 1 fully saturated rings. The first-order valence-corrected chi connectivity index (χ1v) is 8.98. The first kappa shape index (κ1) is 18.1. The predicted molar refractivity (Wildman–Crippen MR) is 99.7 cm³/mol. The Morgan fingerprint density at radius 1 is 1.00 bits per heavy atom. The maximum absolute atomic E-state index is 12.1. The summed E-state index contributed by atoms with van der Waals surface area (Å²) in [6, 6.07) is 19.4. The summed E-state index contributed by atoms with van der Waals surface area (Å²) in [5.74, 6) is -1.05. The lowest BCUT2D eigenvalue weighted by Gasteiger charge is -2.43. The quantitative estimate of drug-likeness (QED) is 0.899. The molecule has 5 nitrogen and oxygen atoms in total. The van der Waals surface area contributed by atoms with Crippen molar-refractivity contribution in [2.45, 2.75) is 25.4 Å². The van der Waals surface area contributed by atoms with Crippen LogP contribution in [-0.4, -0.2) is 52.5 Å². The Morgan fingerprint density at radius 2 is 1.54 bits per heavy atom. The second-order valence-corrected chi connectivity index (χ2v) is 6.51. The van der Waals surface area contributed by atoms with E-state index in [-0.39, 0.29) is 11.9 Å². The highest BCUT2D eigenvalue weighted by molar-refractivity contribution is 5.84. The second kappa shape index (κ2) is 8.15. The lowest BCUT2D eigenvalue weighted by molar-refractivity contribution is -0.154. The van der Waals surface area contributed by atoms with Crippen molar-refractivity contribution in [2.24, 2.45) is 0 Å². The fourth-order valence-electron chi connectivity index (χ4n) is 3.64. The van der Waals surface area contributed by atoms with Crippen molar-refractivity contribution in [2.75, 3.05) is 19.6 Å². The van der Waals surface area contributed by atoms with Gasteiger partial charge in [-0.15, -0.1) is 0 Å². The minimum absolute atomic E-state index is 0.0295. The number of piperazine rings is 1. The van der Waals surface area contributed by atoms with E-state index in [0.717, 1.165) is 11.1 Å². The molecule has 2 aromatic carbocycles. The molecule has 0 bridgehead atoms. The largest absolute Gasteiger partial charge is 0.480 e. The number of aliphatic carboxylic acids is 1. The van der Waals surface area contributed by atoms with Gasteiger partial charge in [0.2, 0.25) is 5.91 Å². The molecule has 5 heteroatoms. The molecule has 0 aliphatic carbocycles. The minimum atomic E-state index is -0.948. The molecule has 0 saturated carbocycles. The van der Waals surface area contributed by atoms with Crippen LogP contribution in [0.5, 0.6) is 0 Å². The van der Waals surface area contributed by atoms with Gasteiger partial charge in [-0.3, -0.25) is 9.69 Å². The van der Waals surface area contributed by atoms with Crippen LogP contribution in [0.1, 0.15) is 30.5 Å². The normalized spacial score (nSPS) is 18.1. The van der Waals surface area contributed by atoms with Crippen molar-refractivity contribution in [3.8, 4) is 0 Å². The molecule has 1 atom stereocenters. The maximum atomic E-state index is 12.1. The molecule has 1 heterocycles. The SMILES string of the molecule is CCC(=O)N1CCN(C(c2ccccc2)c2ccccc2)CC1C(=O)O. The maximum Gasteiger partial charge on any atom is 0.327 e. The van der Waals surface area contributed by atoms with E-state index in [1.54, 1.807) is 6.92 Å². The summed E-state index contributed by atoms with van der Waals surface area (Å²) >= 11 is 0. The zero-order valence-corrected chi connectivity index (χ0v) is 14.9. The third kappa shape index (κ3) is 3.78. The highest BCUT2D eigenvalue weighted by Crippen LogP contribution is 2.30. The van der Waals surface area contributed by atoms with Crippen molar-refractivity contribution < 1.29 is 14.7 Å². The van der Waals surface area contributed by atoms with Gasteiger partial charge in [0.1, 0.15) is 6.04 Å². The van der Waals surface area contributed by atoms with E-state index in [4.69, 9.17) is 0 Å². The molecule has 1 amide bonds. The summed E-state index contributed by atoms with van der Waals surface area (Å²) in [4.78, 5) is 27.6. The molecule has 1 unspecified atom stereocenters. The minimum Gasteiger partial charge on any atom is -0.480 e. The van der Waals surface area contributed by atoms with Crippen molar-refractivity contribution in [3.63, 3.8) is 0 Å². The highest BCUT2D eigenvalue weighted by Gasteiger charge is 2.37. The Bertz CT molecular complexity index is 709. The van der Waals surface area contributed by atoms with E-state index in [0.29, 0.717) is 26.1 Å². The number of carboxylic acids is 1. The standard InChI is InChI=1S/C21H24N2O3/c1-2-19(24)23-14-13-22(15-18(23)21(25)26)20(16-9-5-3-6-10-16)17-11-7-4-8-12-17/h3-12,18,20H,2,13-15H2,1H3,(H,25,26). The van der Waals surface area contributed by atoms with Gasteiger partial charge in [0, 0.05) is 26.1 Å². The predicted octanol–water partition coefficient (Wildman–Crippen LogP) is 2.78. The number of benzene rings is 2. The molecule has 136 valence electrons. The number of hydrogen-bond donors (Lipinski definition) is 1. The van der Waals surface area contributed by atoms with Gasteiger partial charge in [0.25, 0.3) is 0 Å². The molecule has 1 N–H and O–H groups in total. The molecular weight excluding hydrogens is 328 g/mol. The topological polar surface area (TPSA) is 60.9 Å². The van der Waals surface area contributed by atoms with Crippen LogP contribution < -0.4 is 0 Å². The molecule has 1 aliphatic heterocycles. The zero-order valence-electron chi connectivity index (χ0n) is 14.9. The number of carboxylic acid groups (broad SMARTS) is 1. The molecule has 0 aromatic heterocycles. The van der Waals surface area contributed by atoms with Crippen molar-refractivity contribution in [3.05, 3.63) is 71.8 Å². The number of hydrogen-bond acceptors (Lipinski definition) is 3. The molecule has 0 radical (unpaired) electrons. The lowest BCUT2D eigenvalue weighted by atomic mass is 9.95. The van der Waals surface area contributed by atoms with Crippen LogP contribution in [0.4, 0.5) is 0 Å². The summed E-state index contributed by atoms with van der Waals surface area (Å²) in [6.07, 6.45) is 0.324. The lowest BCUT2D eigenvalue weighted by Crippen LogP contribution is -2.58. The van der Waals surface area contributed by atoms with Crippen LogP contribution in [0, 0.1) is 0 Å². The molecule has 2 aromatic rings. The summed E-state index contributed by atoms with van der Waals surface area (Å²) in [5, 5.41) is 9.67. The fourth-order valence-corrected chi connectivity index (χ4v) is 3.64. The average molecular weight is 352 g/mol.